The highest BCUT2D eigenvalue weighted by atomic mass is 35.5. The van der Waals surface area contributed by atoms with Crippen molar-refractivity contribution in [3.8, 4) is 0 Å². The van der Waals surface area contributed by atoms with Crippen molar-refractivity contribution >= 4 is 30.1 Å². The van der Waals surface area contributed by atoms with Crippen molar-refractivity contribution in [2.24, 2.45) is 22.4 Å². The Morgan fingerprint density at radius 3 is 1.27 bits per heavy atom. The van der Waals surface area contributed by atoms with Gasteiger partial charge in [-0.2, -0.15) is 0 Å². The highest BCUT2D eigenvalue weighted by molar-refractivity contribution is 5.86. The van der Waals surface area contributed by atoms with Gasteiger partial charge in [-0.1, -0.05) is 194 Å². The Hall–Kier alpha value is -1.30. The molecular weight excluding hydrogens is 628 g/mol. The summed E-state index contributed by atoms with van der Waals surface area (Å²) in [6, 6.07) is 0. The molecule has 0 aromatic rings. The summed E-state index contributed by atoms with van der Waals surface area (Å²) in [5.74, 6) is 0.162. The van der Waals surface area contributed by atoms with Gasteiger partial charge in [0.05, 0.1) is 0 Å². The third kappa shape index (κ3) is 39.3. The molecular formula is C42H85ClN4O2. The van der Waals surface area contributed by atoms with Gasteiger partial charge >= 0.3 is 0 Å². The summed E-state index contributed by atoms with van der Waals surface area (Å²) in [6.45, 7) is 5.84. The minimum atomic E-state index is -0.236. The topological polar surface area (TPSA) is 111 Å². The van der Waals surface area contributed by atoms with E-state index in [0.717, 1.165) is 44.9 Å². The second kappa shape index (κ2) is 41.1. The number of carbonyl (C=O) groups excluding carboxylic acids is 2. The molecule has 0 saturated carbocycles. The third-order valence-electron chi connectivity index (χ3n) is 9.99. The number of unbranched alkanes of at least 4 members (excludes halogenated alkanes) is 28. The Labute approximate surface area is 311 Å². The molecule has 0 aliphatic heterocycles. The quantitative estimate of drug-likeness (QED) is 0.0334. The number of aliphatic imine (C=N–C) groups is 1. The van der Waals surface area contributed by atoms with Crippen molar-refractivity contribution in [2.45, 2.75) is 232 Å². The molecule has 0 aliphatic carbocycles. The van der Waals surface area contributed by atoms with Crippen molar-refractivity contribution < 1.29 is 9.59 Å². The zero-order valence-electron chi connectivity index (χ0n) is 32.9. The number of halogens is 1. The number of Topliss-reactive ketones (excluding diaryl/α,β-unsaturated/α-hetero) is 1. The van der Waals surface area contributed by atoms with Gasteiger partial charge in [0.2, 0.25) is 5.91 Å². The number of ketones is 1. The minimum Gasteiger partial charge on any atom is -0.370 e. The number of carbonyl (C=O) groups is 2. The highest BCUT2D eigenvalue weighted by Gasteiger charge is 2.21. The van der Waals surface area contributed by atoms with E-state index in [1.54, 1.807) is 0 Å². The van der Waals surface area contributed by atoms with Gasteiger partial charge in [0.25, 0.3) is 0 Å². The van der Waals surface area contributed by atoms with E-state index in [1.165, 1.54) is 161 Å². The van der Waals surface area contributed by atoms with Gasteiger partial charge < -0.3 is 16.8 Å². The SMILES string of the molecule is CCCCCCCCCCCCCCCCCCCCCC(=O)C[C@@H](CCCCN=C(N)N)C(=O)NCCCCCCCCCCCC.Cl. The molecule has 0 unspecified atom stereocenters. The van der Waals surface area contributed by atoms with E-state index < -0.39 is 0 Å². The smallest absolute Gasteiger partial charge is 0.223 e. The maximum absolute atomic E-state index is 13.0. The van der Waals surface area contributed by atoms with Crippen LogP contribution in [0.1, 0.15) is 232 Å². The first kappa shape index (κ1) is 49.8. The molecule has 7 heteroatoms. The average Bonchev–Trinajstić information content (AvgIpc) is 3.07. The first-order valence-electron chi connectivity index (χ1n) is 21.4. The van der Waals surface area contributed by atoms with E-state index in [1.807, 2.05) is 0 Å². The fourth-order valence-electron chi connectivity index (χ4n) is 6.78. The molecule has 0 fully saturated rings. The minimum absolute atomic E-state index is 0. The molecule has 0 spiro atoms. The molecule has 0 aromatic heterocycles. The number of nitrogens with two attached hydrogens (primary N) is 2. The predicted molar refractivity (Wildman–Crippen MR) is 218 cm³/mol. The van der Waals surface area contributed by atoms with E-state index in [2.05, 4.69) is 24.2 Å². The fraction of sp³-hybridized carbons (Fsp3) is 0.929. The van der Waals surface area contributed by atoms with Crippen LogP contribution in [0.25, 0.3) is 0 Å². The zero-order chi connectivity index (χ0) is 35.2. The van der Waals surface area contributed by atoms with Gasteiger partial charge in [-0.3, -0.25) is 14.6 Å². The summed E-state index contributed by atoms with van der Waals surface area (Å²) in [4.78, 5) is 29.9. The van der Waals surface area contributed by atoms with Crippen LogP contribution in [0.2, 0.25) is 0 Å². The lowest BCUT2D eigenvalue weighted by Gasteiger charge is -2.16. The maximum atomic E-state index is 13.0. The monoisotopic (exact) mass is 713 g/mol. The Morgan fingerprint density at radius 2 is 0.878 bits per heavy atom. The molecule has 1 atom stereocenters. The number of rotatable bonds is 39. The molecule has 1 amide bonds. The third-order valence-corrected chi connectivity index (χ3v) is 9.99. The molecule has 292 valence electrons. The molecule has 0 radical (unpaired) electrons. The summed E-state index contributed by atoms with van der Waals surface area (Å²) in [7, 11) is 0. The van der Waals surface area contributed by atoms with Gasteiger partial charge in [-0.05, 0) is 25.7 Å². The Balaban J connectivity index is 0. The number of hydrogen-bond acceptors (Lipinski definition) is 3. The molecule has 49 heavy (non-hydrogen) atoms. The van der Waals surface area contributed by atoms with Gasteiger partial charge in [0.1, 0.15) is 5.78 Å². The summed E-state index contributed by atoms with van der Waals surface area (Å²) in [5, 5.41) is 3.14. The van der Waals surface area contributed by atoms with Gasteiger partial charge in [-0.15, -0.1) is 12.4 Å². The molecule has 0 rings (SSSR count). The second-order valence-electron chi connectivity index (χ2n) is 14.8. The van der Waals surface area contributed by atoms with Gasteiger partial charge in [0.15, 0.2) is 5.96 Å². The number of guanidine groups is 1. The van der Waals surface area contributed by atoms with Crippen molar-refractivity contribution in [3.05, 3.63) is 0 Å². The van der Waals surface area contributed by atoms with Crippen molar-refractivity contribution in [1.82, 2.24) is 5.32 Å². The summed E-state index contributed by atoms with van der Waals surface area (Å²) in [6.07, 6.45) is 41.9. The summed E-state index contributed by atoms with van der Waals surface area (Å²) in [5.41, 5.74) is 10.9. The summed E-state index contributed by atoms with van der Waals surface area (Å²) >= 11 is 0. The zero-order valence-corrected chi connectivity index (χ0v) is 33.7. The van der Waals surface area contributed by atoms with Crippen molar-refractivity contribution in [3.63, 3.8) is 0 Å². The van der Waals surface area contributed by atoms with Crippen LogP contribution in [0, 0.1) is 5.92 Å². The molecule has 0 heterocycles. The Morgan fingerprint density at radius 1 is 0.510 bits per heavy atom. The molecule has 6 nitrogen and oxygen atoms in total. The maximum Gasteiger partial charge on any atom is 0.223 e. The van der Waals surface area contributed by atoms with Crippen LogP contribution in [0.5, 0.6) is 0 Å². The number of amides is 1. The van der Waals surface area contributed by atoms with Crippen molar-refractivity contribution in [1.29, 1.82) is 0 Å². The first-order valence-corrected chi connectivity index (χ1v) is 21.4. The van der Waals surface area contributed by atoms with Crippen LogP contribution >= 0.6 is 12.4 Å². The lowest BCUT2D eigenvalue weighted by atomic mass is 9.93. The molecule has 5 N–H and O–H groups in total. The number of hydrogen-bond donors (Lipinski definition) is 3. The Bertz CT molecular complexity index is 729. The van der Waals surface area contributed by atoms with Gasteiger partial charge in [-0.25, -0.2) is 0 Å². The largest absolute Gasteiger partial charge is 0.370 e. The molecule has 0 saturated heterocycles. The lowest BCUT2D eigenvalue weighted by Crippen LogP contribution is -2.33. The van der Waals surface area contributed by atoms with Crippen LogP contribution in [0.4, 0.5) is 0 Å². The second-order valence-corrected chi connectivity index (χ2v) is 14.8. The Kier molecular flexibility index (Phi) is 41.8. The molecule has 0 aliphatic rings. The highest BCUT2D eigenvalue weighted by Crippen LogP contribution is 2.18. The number of nitrogens with one attached hydrogen (secondary N) is 1. The van der Waals surface area contributed by atoms with E-state index in [0.29, 0.717) is 25.9 Å². The van der Waals surface area contributed by atoms with E-state index in [-0.39, 0.29) is 36.0 Å². The van der Waals surface area contributed by atoms with E-state index >= 15 is 0 Å². The molecule has 0 aromatic carbocycles. The normalized spacial score (nSPS) is 11.6. The van der Waals surface area contributed by atoms with Crippen LogP contribution in [-0.2, 0) is 9.59 Å². The van der Waals surface area contributed by atoms with Crippen LogP contribution in [0.3, 0.4) is 0 Å². The van der Waals surface area contributed by atoms with Crippen LogP contribution in [0.15, 0.2) is 4.99 Å². The number of nitrogens with zero attached hydrogens (tertiary/aromatic N) is 1. The fourth-order valence-corrected chi connectivity index (χ4v) is 6.78. The molecule has 0 bridgehead atoms. The van der Waals surface area contributed by atoms with E-state index in [9.17, 15) is 9.59 Å². The summed E-state index contributed by atoms with van der Waals surface area (Å²) < 4.78 is 0. The average molecular weight is 714 g/mol. The predicted octanol–water partition coefficient (Wildman–Crippen LogP) is 12.3. The van der Waals surface area contributed by atoms with Gasteiger partial charge in [0, 0.05) is 31.8 Å². The lowest BCUT2D eigenvalue weighted by molar-refractivity contribution is -0.129. The first-order chi connectivity index (χ1) is 23.5. The standard InChI is InChI=1S/C42H84N4O2.ClH/c1-3-5-7-9-11-13-15-16-17-18-19-20-21-22-23-24-26-28-30-35-40(47)38-39(34-31-33-37-46-42(43)44)41(48)45-36-32-29-27-25-14-12-10-8-6-4-2;/h39H,3-38H2,1-2H3,(H,45,48)(H4,43,44,46);1H/t39-;/m1./s1. The van der Waals surface area contributed by atoms with E-state index in [4.69, 9.17) is 11.5 Å². The van der Waals surface area contributed by atoms with Crippen LogP contribution < -0.4 is 16.8 Å². The van der Waals surface area contributed by atoms with Crippen LogP contribution in [-0.4, -0.2) is 30.7 Å². The van der Waals surface area contributed by atoms with Crippen molar-refractivity contribution in [2.75, 3.05) is 13.1 Å².